The Morgan fingerprint density at radius 3 is 2.48 bits per heavy atom. The molecule has 1 aliphatic rings. The Bertz CT molecular complexity index is 1760. The quantitative estimate of drug-likeness (QED) is 0.341. The number of ether oxygens (including phenoxy) is 1. The van der Waals surface area contributed by atoms with Crippen LogP contribution in [-0.2, 0) is 31.2 Å². The Morgan fingerprint density at radius 1 is 1.05 bits per heavy atom. The SMILES string of the molecule is Cn1cnnc1-c1ccc(-n2c(=O)c3c(n4ncc(Cc5ccccc5)c24)CN(C(=O)OC(C)(C)C)CC3)cc1. The van der Waals surface area contributed by atoms with E-state index in [2.05, 4.69) is 22.3 Å². The summed E-state index contributed by atoms with van der Waals surface area (Å²) >= 11 is 0. The van der Waals surface area contributed by atoms with Gasteiger partial charge in [0.15, 0.2) is 5.82 Å². The molecule has 1 amide bonds. The van der Waals surface area contributed by atoms with Gasteiger partial charge in [0.1, 0.15) is 17.6 Å². The van der Waals surface area contributed by atoms with E-state index in [1.54, 1.807) is 15.8 Å². The molecule has 10 nitrogen and oxygen atoms in total. The van der Waals surface area contributed by atoms with Gasteiger partial charge in [-0.2, -0.15) is 5.10 Å². The molecule has 5 aromatic rings. The van der Waals surface area contributed by atoms with E-state index in [0.29, 0.717) is 36.3 Å². The maximum absolute atomic E-state index is 14.2. The van der Waals surface area contributed by atoms with Gasteiger partial charge in [-0.25, -0.2) is 9.31 Å². The standard InChI is InChI=1S/C30H31N7O3/c1-30(2,3)40-29(39)35-15-14-24-25(18-35)37-27(22(17-32-37)16-20-8-6-5-7-9-20)36(28(24)38)23-12-10-21(11-13-23)26-33-31-19-34(26)4/h5-13,17,19H,14-16,18H2,1-4H3. The summed E-state index contributed by atoms with van der Waals surface area (Å²) < 4.78 is 11.0. The lowest BCUT2D eigenvalue weighted by atomic mass is 10.0. The highest BCUT2D eigenvalue weighted by molar-refractivity contribution is 5.69. The molecule has 0 fully saturated rings. The molecule has 204 valence electrons. The fraction of sp³-hybridized carbons (Fsp3) is 0.300. The molecule has 40 heavy (non-hydrogen) atoms. The minimum absolute atomic E-state index is 0.104. The van der Waals surface area contributed by atoms with Crippen molar-refractivity contribution in [3.05, 3.63) is 99.9 Å². The molecule has 6 rings (SSSR count). The van der Waals surface area contributed by atoms with E-state index in [1.807, 2.05) is 85.6 Å². The lowest BCUT2D eigenvalue weighted by Gasteiger charge is -2.31. The normalized spacial score (nSPS) is 13.4. The van der Waals surface area contributed by atoms with Crippen molar-refractivity contribution >= 4 is 11.7 Å². The van der Waals surface area contributed by atoms with Crippen LogP contribution in [0.4, 0.5) is 4.79 Å². The number of aromatic nitrogens is 6. The van der Waals surface area contributed by atoms with Crippen molar-refractivity contribution in [3.63, 3.8) is 0 Å². The largest absolute Gasteiger partial charge is 0.444 e. The molecule has 0 bridgehead atoms. The fourth-order valence-electron chi connectivity index (χ4n) is 5.18. The molecule has 4 heterocycles. The number of rotatable bonds is 4. The van der Waals surface area contributed by atoms with Crippen LogP contribution in [0.25, 0.3) is 22.7 Å². The van der Waals surface area contributed by atoms with Crippen LogP contribution in [0.3, 0.4) is 0 Å². The topological polar surface area (TPSA) is 99.5 Å². The first kappa shape index (κ1) is 25.5. The number of nitrogens with zero attached hydrogens (tertiary/aromatic N) is 7. The van der Waals surface area contributed by atoms with Crippen LogP contribution in [-0.4, -0.2) is 52.1 Å². The van der Waals surface area contributed by atoms with Crippen LogP contribution < -0.4 is 5.56 Å². The second kappa shape index (κ2) is 9.78. The van der Waals surface area contributed by atoms with Crippen molar-refractivity contribution in [2.75, 3.05) is 6.54 Å². The summed E-state index contributed by atoms with van der Waals surface area (Å²) in [4.78, 5) is 28.7. The molecule has 0 aliphatic carbocycles. The van der Waals surface area contributed by atoms with Crippen LogP contribution in [0.2, 0.25) is 0 Å². The van der Waals surface area contributed by atoms with E-state index in [1.165, 1.54) is 0 Å². The van der Waals surface area contributed by atoms with Crippen LogP contribution in [0.1, 0.15) is 43.2 Å². The monoisotopic (exact) mass is 537 g/mol. The highest BCUT2D eigenvalue weighted by atomic mass is 16.6. The number of hydrogen-bond donors (Lipinski definition) is 0. The molecule has 0 atom stereocenters. The third kappa shape index (κ3) is 4.66. The Hall–Kier alpha value is -4.73. The molecule has 2 aromatic carbocycles. The number of hydrogen-bond acceptors (Lipinski definition) is 6. The third-order valence-corrected chi connectivity index (χ3v) is 7.05. The van der Waals surface area contributed by atoms with Crippen LogP contribution >= 0.6 is 0 Å². The van der Waals surface area contributed by atoms with Gasteiger partial charge < -0.3 is 14.2 Å². The molecule has 10 heteroatoms. The van der Waals surface area contributed by atoms with Gasteiger partial charge in [-0.15, -0.1) is 10.2 Å². The molecule has 0 spiro atoms. The predicted molar refractivity (Wildman–Crippen MR) is 150 cm³/mol. The summed E-state index contributed by atoms with van der Waals surface area (Å²) in [5.41, 5.74) is 4.99. The van der Waals surface area contributed by atoms with Crippen LogP contribution in [0.15, 0.2) is 71.9 Å². The number of fused-ring (bicyclic) bond motifs is 3. The highest BCUT2D eigenvalue weighted by Crippen LogP contribution is 2.26. The summed E-state index contributed by atoms with van der Waals surface area (Å²) in [6.45, 7) is 6.18. The average molecular weight is 538 g/mol. The molecule has 0 saturated carbocycles. The molecular weight excluding hydrogens is 506 g/mol. The van der Waals surface area contributed by atoms with E-state index in [9.17, 15) is 9.59 Å². The van der Waals surface area contributed by atoms with Gasteiger partial charge in [0.25, 0.3) is 5.56 Å². The van der Waals surface area contributed by atoms with Crippen molar-refractivity contribution in [1.29, 1.82) is 0 Å². The molecule has 0 radical (unpaired) electrons. The number of amides is 1. The third-order valence-electron chi connectivity index (χ3n) is 7.05. The van der Waals surface area contributed by atoms with Gasteiger partial charge in [-0.05, 0) is 57.0 Å². The van der Waals surface area contributed by atoms with Gasteiger partial charge in [0.2, 0.25) is 0 Å². The predicted octanol–water partition coefficient (Wildman–Crippen LogP) is 4.16. The first-order valence-electron chi connectivity index (χ1n) is 13.3. The maximum atomic E-state index is 14.2. The van der Waals surface area contributed by atoms with Crippen molar-refractivity contribution in [2.24, 2.45) is 7.05 Å². The van der Waals surface area contributed by atoms with E-state index >= 15 is 0 Å². The molecule has 3 aromatic heterocycles. The summed E-state index contributed by atoms with van der Waals surface area (Å²) in [7, 11) is 1.89. The van der Waals surface area contributed by atoms with Crippen molar-refractivity contribution in [2.45, 2.75) is 45.8 Å². The highest BCUT2D eigenvalue weighted by Gasteiger charge is 2.31. The summed E-state index contributed by atoms with van der Waals surface area (Å²) in [6, 6.07) is 17.8. The Balaban J connectivity index is 1.49. The van der Waals surface area contributed by atoms with Crippen molar-refractivity contribution in [3.8, 4) is 17.1 Å². The van der Waals surface area contributed by atoms with Crippen LogP contribution in [0.5, 0.6) is 0 Å². The molecule has 0 unspecified atom stereocenters. The minimum Gasteiger partial charge on any atom is -0.444 e. The summed E-state index contributed by atoms with van der Waals surface area (Å²) in [5, 5.41) is 12.9. The number of aryl methyl sites for hydroxylation is 1. The van der Waals surface area contributed by atoms with Crippen molar-refractivity contribution < 1.29 is 9.53 Å². The smallest absolute Gasteiger partial charge is 0.410 e. The lowest BCUT2D eigenvalue weighted by molar-refractivity contribution is 0.0218. The van der Waals surface area contributed by atoms with E-state index in [-0.39, 0.29) is 12.1 Å². The number of carbonyl (C=O) groups is 1. The summed E-state index contributed by atoms with van der Waals surface area (Å²) in [5.74, 6) is 0.742. The van der Waals surface area contributed by atoms with Gasteiger partial charge in [0.05, 0.1) is 24.1 Å². The zero-order chi connectivity index (χ0) is 28.0. The average Bonchev–Trinajstić information content (AvgIpc) is 3.55. The van der Waals surface area contributed by atoms with E-state index in [0.717, 1.165) is 28.2 Å². The van der Waals surface area contributed by atoms with Crippen LogP contribution in [0, 0.1) is 0 Å². The molecule has 0 N–H and O–H groups in total. The van der Waals surface area contributed by atoms with Gasteiger partial charge in [-0.1, -0.05) is 30.3 Å². The Kier molecular flexibility index (Phi) is 6.25. The molecular formula is C30H31N7O3. The zero-order valence-corrected chi connectivity index (χ0v) is 23.0. The number of carbonyl (C=O) groups excluding carboxylic acids is 1. The second-order valence-corrected chi connectivity index (χ2v) is 11.1. The minimum atomic E-state index is -0.609. The van der Waals surface area contributed by atoms with Gasteiger partial charge >= 0.3 is 6.09 Å². The zero-order valence-electron chi connectivity index (χ0n) is 23.0. The maximum Gasteiger partial charge on any atom is 0.410 e. The second-order valence-electron chi connectivity index (χ2n) is 11.1. The first-order chi connectivity index (χ1) is 19.2. The Morgan fingerprint density at radius 2 is 1.80 bits per heavy atom. The summed E-state index contributed by atoms with van der Waals surface area (Å²) in [6.07, 6.45) is 4.10. The molecule has 1 aliphatic heterocycles. The number of benzene rings is 2. The van der Waals surface area contributed by atoms with Crippen molar-refractivity contribution in [1.82, 2.24) is 33.8 Å². The first-order valence-corrected chi connectivity index (χ1v) is 13.3. The van der Waals surface area contributed by atoms with E-state index in [4.69, 9.17) is 9.84 Å². The fourth-order valence-corrected chi connectivity index (χ4v) is 5.18. The Labute approximate surface area is 231 Å². The van der Waals surface area contributed by atoms with Gasteiger partial charge in [0, 0.05) is 36.7 Å². The molecule has 0 saturated heterocycles. The van der Waals surface area contributed by atoms with Gasteiger partial charge in [-0.3, -0.25) is 9.36 Å². The van der Waals surface area contributed by atoms with E-state index < -0.39 is 11.7 Å². The lowest BCUT2D eigenvalue weighted by Crippen LogP contribution is -2.43.